The Bertz CT molecular complexity index is 717. The summed E-state index contributed by atoms with van der Waals surface area (Å²) < 4.78 is 26.2. The summed E-state index contributed by atoms with van der Waals surface area (Å²) in [6, 6.07) is 9.64. The highest BCUT2D eigenvalue weighted by Crippen LogP contribution is 2.16. The van der Waals surface area contributed by atoms with E-state index in [4.69, 9.17) is 0 Å². The number of carbonyl (C=O) groups is 2. The van der Waals surface area contributed by atoms with Crippen LogP contribution in [0.5, 0.6) is 0 Å². The number of para-hydroxylation sites is 1. The summed E-state index contributed by atoms with van der Waals surface area (Å²) in [4.78, 5) is 23.2. The van der Waals surface area contributed by atoms with E-state index in [-0.39, 0.29) is 18.0 Å². The number of rotatable bonds is 5. The summed E-state index contributed by atoms with van der Waals surface area (Å²) in [5.74, 6) is -2.21. The van der Waals surface area contributed by atoms with E-state index in [9.17, 15) is 18.4 Å². The summed E-state index contributed by atoms with van der Waals surface area (Å²) in [7, 11) is 0. The Labute approximate surface area is 126 Å². The van der Waals surface area contributed by atoms with Crippen LogP contribution in [0.15, 0.2) is 42.5 Å². The van der Waals surface area contributed by atoms with E-state index in [0.29, 0.717) is 17.3 Å². The van der Waals surface area contributed by atoms with E-state index in [1.807, 2.05) is 0 Å². The van der Waals surface area contributed by atoms with Gasteiger partial charge in [0, 0.05) is 17.3 Å². The number of benzene rings is 2. The van der Waals surface area contributed by atoms with Gasteiger partial charge in [0.1, 0.15) is 11.6 Å². The fourth-order valence-electron chi connectivity index (χ4n) is 1.91. The summed E-state index contributed by atoms with van der Waals surface area (Å²) in [6.45, 7) is 1.27. The highest BCUT2D eigenvalue weighted by Gasteiger charge is 2.10. The second-order valence-corrected chi connectivity index (χ2v) is 4.63. The number of anilines is 2. The third-order valence-corrected chi connectivity index (χ3v) is 2.95. The maximum atomic E-state index is 13.4. The van der Waals surface area contributed by atoms with Crippen LogP contribution in [0.1, 0.15) is 17.3 Å². The van der Waals surface area contributed by atoms with Crippen LogP contribution in [0.2, 0.25) is 0 Å². The van der Waals surface area contributed by atoms with Crippen molar-refractivity contribution in [3.63, 3.8) is 0 Å². The van der Waals surface area contributed by atoms with Crippen molar-refractivity contribution >= 4 is 23.1 Å². The van der Waals surface area contributed by atoms with Crippen LogP contribution in [0.4, 0.5) is 20.2 Å². The van der Waals surface area contributed by atoms with Crippen LogP contribution in [-0.2, 0) is 4.79 Å². The molecule has 0 saturated carbocycles. The van der Waals surface area contributed by atoms with E-state index in [2.05, 4.69) is 10.6 Å². The molecule has 0 spiro atoms. The Kier molecular flexibility index (Phi) is 4.83. The molecule has 0 unspecified atom stereocenters. The van der Waals surface area contributed by atoms with Crippen LogP contribution in [0.3, 0.4) is 0 Å². The van der Waals surface area contributed by atoms with Gasteiger partial charge >= 0.3 is 0 Å². The zero-order valence-corrected chi connectivity index (χ0v) is 11.8. The molecule has 0 bridgehead atoms. The first kappa shape index (κ1) is 15.6. The minimum absolute atomic E-state index is 0.104. The lowest BCUT2D eigenvalue weighted by molar-refractivity contribution is -0.114. The molecule has 0 aliphatic carbocycles. The van der Waals surface area contributed by atoms with Gasteiger partial charge in [0.25, 0.3) is 0 Å². The number of nitrogens with one attached hydrogen (secondary N) is 2. The van der Waals surface area contributed by atoms with Gasteiger partial charge in [-0.05, 0) is 31.2 Å². The van der Waals surface area contributed by atoms with Crippen LogP contribution in [-0.4, -0.2) is 18.2 Å². The van der Waals surface area contributed by atoms with Crippen LogP contribution in [0.25, 0.3) is 0 Å². The molecular weight excluding hydrogens is 290 g/mol. The number of carbonyl (C=O) groups excluding carboxylic acids is 2. The molecule has 0 heterocycles. The molecule has 114 valence electrons. The number of halogens is 2. The first-order valence-corrected chi connectivity index (χ1v) is 6.56. The molecule has 0 fully saturated rings. The van der Waals surface area contributed by atoms with Crippen molar-refractivity contribution in [1.29, 1.82) is 0 Å². The van der Waals surface area contributed by atoms with Gasteiger partial charge in [-0.25, -0.2) is 8.78 Å². The molecule has 2 aromatic carbocycles. The van der Waals surface area contributed by atoms with E-state index in [1.165, 1.54) is 6.92 Å². The number of ketones is 1. The quantitative estimate of drug-likeness (QED) is 0.834. The number of Topliss-reactive ketones (excluding diaryl/α,β-unsaturated/α-hetero) is 1. The van der Waals surface area contributed by atoms with E-state index >= 15 is 0 Å². The van der Waals surface area contributed by atoms with Crippen molar-refractivity contribution in [3.05, 3.63) is 59.7 Å². The second-order valence-electron chi connectivity index (χ2n) is 4.63. The third-order valence-electron chi connectivity index (χ3n) is 2.95. The highest BCUT2D eigenvalue weighted by molar-refractivity contribution is 6.00. The van der Waals surface area contributed by atoms with Crippen molar-refractivity contribution in [1.82, 2.24) is 0 Å². The molecule has 4 nitrogen and oxygen atoms in total. The molecule has 0 saturated heterocycles. The molecule has 2 N–H and O–H groups in total. The summed E-state index contributed by atoms with van der Waals surface area (Å²) in [6.07, 6.45) is 0. The summed E-state index contributed by atoms with van der Waals surface area (Å²) >= 11 is 0. The van der Waals surface area contributed by atoms with Gasteiger partial charge in [0.15, 0.2) is 5.78 Å². The molecule has 0 aromatic heterocycles. The fourth-order valence-corrected chi connectivity index (χ4v) is 1.91. The van der Waals surface area contributed by atoms with Crippen molar-refractivity contribution in [2.75, 3.05) is 17.2 Å². The van der Waals surface area contributed by atoms with E-state index in [1.54, 1.807) is 24.3 Å². The average Bonchev–Trinajstić information content (AvgIpc) is 2.48. The Morgan fingerprint density at radius 1 is 1.05 bits per heavy atom. The lowest BCUT2D eigenvalue weighted by Crippen LogP contribution is -2.23. The van der Waals surface area contributed by atoms with Crippen molar-refractivity contribution < 1.29 is 18.4 Å². The number of hydrogen-bond acceptors (Lipinski definition) is 3. The lowest BCUT2D eigenvalue weighted by Gasteiger charge is -2.11. The Hall–Kier alpha value is -2.76. The van der Waals surface area contributed by atoms with E-state index < -0.39 is 17.5 Å². The van der Waals surface area contributed by atoms with Gasteiger partial charge in [0.2, 0.25) is 5.91 Å². The number of amides is 1. The Morgan fingerprint density at radius 2 is 1.77 bits per heavy atom. The van der Waals surface area contributed by atoms with Gasteiger partial charge in [-0.3, -0.25) is 9.59 Å². The van der Waals surface area contributed by atoms with Gasteiger partial charge in [-0.2, -0.15) is 0 Å². The SMILES string of the molecule is CC(=O)c1ccccc1NCC(=O)Nc1ccc(F)cc1F. The minimum Gasteiger partial charge on any atom is -0.376 e. The largest absolute Gasteiger partial charge is 0.376 e. The molecular formula is C16H14F2N2O2. The predicted octanol–water partition coefficient (Wildman–Crippen LogP) is 3.22. The Morgan fingerprint density at radius 3 is 2.45 bits per heavy atom. The minimum atomic E-state index is -0.850. The maximum absolute atomic E-state index is 13.4. The summed E-state index contributed by atoms with van der Waals surface area (Å²) in [5, 5.41) is 5.14. The number of hydrogen-bond donors (Lipinski definition) is 2. The van der Waals surface area contributed by atoms with Gasteiger partial charge in [-0.15, -0.1) is 0 Å². The monoisotopic (exact) mass is 304 g/mol. The molecule has 6 heteroatoms. The molecule has 2 rings (SSSR count). The normalized spacial score (nSPS) is 10.1. The fraction of sp³-hybridized carbons (Fsp3) is 0.125. The van der Waals surface area contributed by atoms with Gasteiger partial charge in [-0.1, -0.05) is 12.1 Å². The standard InChI is InChI=1S/C16H14F2N2O2/c1-10(21)12-4-2-3-5-14(12)19-9-16(22)20-15-7-6-11(17)8-13(15)18/h2-8,19H,9H2,1H3,(H,20,22). The van der Waals surface area contributed by atoms with Crippen LogP contribution < -0.4 is 10.6 Å². The average molecular weight is 304 g/mol. The highest BCUT2D eigenvalue weighted by atomic mass is 19.1. The third kappa shape index (κ3) is 3.88. The zero-order valence-electron chi connectivity index (χ0n) is 11.8. The molecule has 0 aliphatic rings. The van der Waals surface area contributed by atoms with Crippen molar-refractivity contribution in [3.8, 4) is 0 Å². The molecule has 2 aromatic rings. The Balaban J connectivity index is 2.00. The lowest BCUT2D eigenvalue weighted by atomic mass is 10.1. The van der Waals surface area contributed by atoms with Crippen LogP contribution in [0, 0.1) is 11.6 Å². The zero-order chi connectivity index (χ0) is 16.1. The predicted molar refractivity (Wildman–Crippen MR) is 79.9 cm³/mol. The first-order chi connectivity index (χ1) is 10.5. The molecule has 0 radical (unpaired) electrons. The van der Waals surface area contributed by atoms with E-state index in [0.717, 1.165) is 12.1 Å². The first-order valence-electron chi connectivity index (χ1n) is 6.56. The molecule has 1 amide bonds. The van der Waals surface area contributed by atoms with Crippen molar-refractivity contribution in [2.24, 2.45) is 0 Å². The van der Waals surface area contributed by atoms with Crippen molar-refractivity contribution in [2.45, 2.75) is 6.92 Å². The second kappa shape index (κ2) is 6.80. The molecule has 0 aliphatic heterocycles. The summed E-state index contributed by atoms with van der Waals surface area (Å²) in [5.41, 5.74) is 0.876. The van der Waals surface area contributed by atoms with Crippen LogP contribution >= 0.6 is 0 Å². The molecule has 0 atom stereocenters. The van der Waals surface area contributed by atoms with Gasteiger partial charge < -0.3 is 10.6 Å². The smallest absolute Gasteiger partial charge is 0.243 e. The maximum Gasteiger partial charge on any atom is 0.243 e. The topological polar surface area (TPSA) is 58.2 Å². The molecule has 22 heavy (non-hydrogen) atoms. The van der Waals surface area contributed by atoms with Gasteiger partial charge in [0.05, 0.1) is 12.2 Å².